The highest BCUT2D eigenvalue weighted by molar-refractivity contribution is 5.74. The molecule has 0 bridgehead atoms. The highest BCUT2D eigenvalue weighted by Crippen LogP contribution is 2.20. The zero-order valence-electron chi connectivity index (χ0n) is 11.9. The third-order valence-corrected chi connectivity index (χ3v) is 3.15. The first-order chi connectivity index (χ1) is 11.1. The zero-order chi connectivity index (χ0) is 16.2. The van der Waals surface area contributed by atoms with Crippen LogP contribution in [0.4, 0.5) is 10.5 Å². The average Bonchev–Trinajstić information content (AvgIpc) is 3.06. The summed E-state index contributed by atoms with van der Waals surface area (Å²) in [4.78, 5) is 25.3. The lowest BCUT2D eigenvalue weighted by Crippen LogP contribution is -2.15. The Hall–Kier alpha value is -3.48. The number of nitro benzene ring substituents is 1. The van der Waals surface area contributed by atoms with Crippen LogP contribution in [0.1, 0.15) is 0 Å². The van der Waals surface area contributed by atoms with Crippen molar-refractivity contribution in [1.29, 1.82) is 0 Å². The van der Waals surface area contributed by atoms with Gasteiger partial charge in [0.05, 0.1) is 4.92 Å². The molecule has 1 heterocycles. The predicted molar refractivity (Wildman–Crippen MR) is 80.9 cm³/mol. The fourth-order valence-electron chi connectivity index (χ4n) is 2.05. The topological polar surface area (TPSA) is 88.5 Å². The summed E-state index contributed by atoms with van der Waals surface area (Å²) < 4.78 is 6.44. The number of carbonyl (C=O) groups excluding carboxylic acids is 1. The Balaban J connectivity index is 1.81. The number of aromatic nitrogens is 2. The van der Waals surface area contributed by atoms with E-state index in [1.54, 1.807) is 36.4 Å². The smallest absolute Gasteiger partial charge is 0.392 e. The SMILES string of the molecule is O=C(Oc1ccccc1)n1c[nH+]c(-c2cccc([N+](=O)[O-])c2)c1. The molecule has 3 rings (SSSR count). The summed E-state index contributed by atoms with van der Waals surface area (Å²) in [5.41, 5.74) is 1.15. The maximum atomic E-state index is 12.0. The summed E-state index contributed by atoms with van der Waals surface area (Å²) in [5.74, 6) is 0.433. The van der Waals surface area contributed by atoms with E-state index in [9.17, 15) is 14.9 Å². The molecule has 3 aromatic rings. The number of hydrogen-bond acceptors (Lipinski definition) is 4. The third kappa shape index (κ3) is 3.24. The molecular formula is C16H12N3O4+. The van der Waals surface area contributed by atoms with Crippen molar-refractivity contribution < 1.29 is 19.4 Å². The van der Waals surface area contributed by atoms with Crippen LogP contribution in [-0.4, -0.2) is 15.6 Å². The largest absolute Gasteiger partial charge is 0.517 e. The van der Waals surface area contributed by atoms with Gasteiger partial charge in [-0.3, -0.25) is 10.1 Å². The monoisotopic (exact) mass is 310 g/mol. The minimum absolute atomic E-state index is 0.0180. The van der Waals surface area contributed by atoms with Gasteiger partial charge in [-0.1, -0.05) is 30.3 Å². The van der Waals surface area contributed by atoms with Gasteiger partial charge in [-0.05, 0) is 12.1 Å². The minimum Gasteiger partial charge on any atom is -0.392 e. The molecule has 0 aliphatic rings. The molecule has 2 aromatic carbocycles. The molecule has 1 aromatic heterocycles. The standard InChI is InChI=1S/C16H11N3O4/c20-16(23-14-7-2-1-3-8-14)18-10-15(17-11-18)12-5-4-6-13(9-12)19(21)22/h1-11H/p+1. The highest BCUT2D eigenvalue weighted by Gasteiger charge is 2.18. The summed E-state index contributed by atoms with van der Waals surface area (Å²) in [6.45, 7) is 0. The van der Waals surface area contributed by atoms with Gasteiger partial charge < -0.3 is 4.74 Å². The number of nitro groups is 1. The summed E-state index contributed by atoms with van der Waals surface area (Å²) in [5, 5.41) is 10.8. The number of rotatable bonds is 3. The molecule has 7 heteroatoms. The normalized spacial score (nSPS) is 10.3. The lowest BCUT2D eigenvalue weighted by molar-refractivity contribution is -0.385. The summed E-state index contributed by atoms with van der Waals surface area (Å²) in [7, 11) is 0. The number of imidazole rings is 1. The Labute approximate surface area is 130 Å². The Morgan fingerprint density at radius 1 is 1.13 bits per heavy atom. The summed E-state index contributed by atoms with van der Waals surface area (Å²) >= 11 is 0. The van der Waals surface area contributed by atoms with E-state index in [4.69, 9.17) is 4.74 Å². The number of hydrogen-bond donors (Lipinski definition) is 0. The molecule has 114 valence electrons. The van der Waals surface area contributed by atoms with E-state index in [1.807, 2.05) is 6.07 Å². The number of nitrogens with zero attached hydrogens (tertiary/aromatic N) is 2. The molecule has 0 atom stereocenters. The van der Waals surface area contributed by atoms with Crippen LogP contribution in [-0.2, 0) is 0 Å². The van der Waals surface area contributed by atoms with Gasteiger partial charge in [0.1, 0.15) is 11.9 Å². The molecule has 0 saturated heterocycles. The van der Waals surface area contributed by atoms with Crippen molar-refractivity contribution in [3.05, 3.63) is 77.2 Å². The van der Waals surface area contributed by atoms with E-state index in [0.717, 1.165) is 0 Å². The maximum Gasteiger partial charge on any atom is 0.517 e. The highest BCUT2D eigenvalue weighted by atomic mass is 16.6. The first kappa shape index (κ1) is 14.5. The van der Waals surface area contributed by atoms with Gasteiger partial charge >= 0.3 is 6.09 Å². The van der Waals surface area contributed by atoms with E-state index in [2.05, 4.69) is 4.98 Å². The van der Waals surface area contributed by atoms with Crippen LogP contribution in [0, 0.1) is 10.1 Å². The van der Waals surface area contributed by atoms with Crippen molar-refractivity contribution in [3.63, 3.8) is 0 Å². The molecule has 0 radical (unpaired) electrons. The Kier molecular flexibility index (Phi) is 3.84. The van der Waals surface area contributed by atoms with Gasteiger partial charge in [0.15, 0.2) is 5.69 Å². The fourth-order valence-corrected chi connectivity index (χ4v) is 2.05. The van der Waals surface area contributed by atoms with E-state index >= 15 is 0 Å². The number of non-ortho nitro benzene ring substituents is 1. The number of para-hydroxylation sites is 1. The van der Waals surface area contributed by atoms with Crippen LogP contribution in [0.5, 0.6) is 5.75 Å². The second-order valence-corrected chi connectivity index (χ2v) is 4.71. The molecule has 0 aliphatic carbocycles. The van der Waals surface area contributed by atoms with Crippen molar-refractivity contribution in [2.75, 3.05) is 0 Å². The van der Waals surface area contributed by atoms with Gasteiger partial charge in [-0.15, -0.1) is 4.57 Å². The number of benzene rings is 2. The number of aromatic amines is 1. The van der Waals surface area contributed by atoms with Gasteiger partial charge in [-0.25, -0.2) is 4.98 Å². The lowest BCUT2D eigenvalue weighted by Gasteiger charge is -1.98. The molecule has 0 unspecified atom stereocenters. The molecule has 0 spiro atoms. The zero-order valence-corrected chi connectivity index (χ0v) is 11.9. The van der Waals surface area contributed by atoms with Gasteiger partial charge in [0.2, 0.25) is 0 Å². The van der Waals surface area contributed by atoms with E-state index < -0.39 is 11.0 Å². The first-order valence-electron chi connectivity index (χ1n) is 6.75. The molecule has 23 heavy (non-hydrogen) atoms. The molecule has 7 nitrogen and oxygen atoms in total. The van der Waals surface area contributed by atoms with Crippen molar-refractivity contribution in [1.82, 2.24) is 4.57 Å². The van der Waals surface area contributed by atoms with Crippen LogP contribution in [0.15, 0.2) is 67.1 Å². The Bertz CT molecular complexity index is 859. The van der Waals surface area contributed by atoms with Crippen molar-refractivity contribution >= 4 is 11.8 Å². The Morgan fingerprint density at radius 3 is 2.65 bits per heavy atom. The van der Waals surface area contributed by atoms with Crippen LogP contribution < -0.4 is 9.72 Å². The van der Waals surface area contributed by atoms with Crippen molar-refractivity contribution in [2.45, 2.75) is 0 Å². The quantitative estimate of drug-likeness (QED) is 0.549. The van der Waals surface area contributed by atoms with Gasteiger partial charge in [0.25, 0.3) is 12.0 Å². The van der Waals surface area contributed by atoms with Crippen molar-refractivity contribution in [2.24, 2.45) is 0 Å². The summed E-state index contributed by atoms with van der Waals surface area (Å²) in [6.07, 6.45) is 2.37. The second-order valence-electron chi connectivity index (χ2n) is 4.71. The molecular weight excluding hydrogens is 298 g/mol. The minimum atomic E-state index is -0.580. The first-order valence-corrected chi connectivity index (χ1v) is 6.75. The Morgan fingerprint density at radius 2 is 1.91 bits per heavy atom. The van der Waals surface area contributed by atoms with Crippen LogP contribution in [0.25, 0.3) is 11.3 Å². The van der Waals surface area contributed by atoms with Crippen LogP contribution >= 0.6 is 0 Å². The molecule has 1 N–H and O–H groups in total. The van der Waals surface area contributed by atoms with E-state index in [1.165, 1.54) is 29.2 Å². The third-order valence-electron chi connectivity index (χ3n) is 3.15. The second kappa shape index (κ2) is 6.10. The molecule has 0 saturated carbocycles. The molecule has 0 fully saturated rings. The molecule has 0 amide bonds. The summed E-state index contributed by atoms with van der Waals surface area (Å²) in [6, 6.07) is 14.8. The number of H-pyrrole nitrogens is 1. The van der Waals surface area contributed by atoms with Gasteiger partial charge in [0, 0.05) is 17.7 Å². The maximum absolute atomic E-state index is 12.0. The van der Waals surface area contributed by atoms with Gasteiger partial charge in [-0.2, -0.15) is 4.79 Å². The van der Waals surface area contributed by atoms with E-state index in [0.29, 0.717) is 17.0 Å². The lowest BCUT2D eigenvalue weighted by atomic mass is 10.1. The number of ether oxygens (including phenoxy) is 1. The van der Waals surface area contributed by atoms with E-state index in [-0.39, 0.29) is 5.69 Å². The fraction of sp³-hybridized carbons (Fsp3) is 0. The van der Waals surface area contributed by atoms with Crippen LogP contribution in [0.2, 0.25) is 0 Å². The number of carbonyl (C=O) groups is 1. The average molecular weight is 310 g/mol. The number of nitrogens with one attached hydrogen (secondary N) is 1. The van der Waals surface area contributed by atoms with Crippen LogP contribution in [0.3, 0.4) is 0 Å². The van der Waals surface area contributed by atoms with Crippen molar-refractivity contribution in [3.8, 4) is 17.0 Å². The predicted octanol–water partition coefficient (Wildman–Crippen LogP) is 2.92. The molecule has 0 aliphatic heterocycles.